The molecule has 142 valence electrons. The predicted octanol–water partition coefficient (Wildman–Crippen LogP) is 2.63. The number of nitrogens with zero attached hydrogens (tertiary/aromatic N) is 3. The Morgan fingerprint density at radius 3 is 2.33 bits per heavy atom. The Hall–Kier alpha value is -2.86. The number of methoxy groups -OCH3 is 1. The van der Waals surface area contributed by atoms with E-state index >= 15 is 0 Å². The SMILES string of the molecule is COC(=O)c1ccc(COc2ccc(/C=N/N3CCN(C)CC3)cc2)cc1. The van der Waals surface area contributed by atoms with Crippen LogP contribution < -0.4 is 4.74 Å². The largest absolute Gasteiger partial charge is 0.489 e. The number of piperazine rings is 1. The van der Waals surface area contributed by atoms with Gasteiger partial charge in [0.2, 0.25) is 0 Å². The lowest BCUT2D eigenvalue weighted by Crippen LogP contribution is -2.41. The van der Waals surface area contributed by atoms with Crippen molar-refractivity contribution >= 4 is 12.2 Å². The molecule has 0 atom stereocenters. The van der Waals surface area contributed by atoms with Gasteiger partial charge in [-0.05, 0) is 54.6 Å². The molecule has 0 aliphatic carbocycles. The highest BCUT2D eigenvalue weighted by Crippen LogP contribution is 2.14. The molecular formula is C21H25N3O3. The molecule has 0 aromatic heterocycles. The van der Waals surface area contributed by atoms with E-state index in [4.69, 9.17) is 9.47 Å². The Morgan fingerprint density at radius 1 is 1.04 bits per heavy atom. The fourth-order valence-electron chi connectivity index (χ4n) is 2.73. The Kier molecular flexibility index (Phi) is 6.44. The summed E-state index contributed by atoms with van der Waals surface area (Å²) in [5.74, 6) is 0.458. The van der Waals surface area contributed by atoms with E-state index in [1.165, 1.54) is 7.11 Å². The van der Waals surface area contributed by atoms with Crippen LogP contribution in [0.15, 0.2) is 53.6 Å². The molecule has 1 aliphatic heterocycles. The molecule has 0 N–H and O–H groups in total. The van der Waals surface area contributed by atoms with Crippen LogP contribution in [0.5, 0.6) is 5.75 Å². The topological polar surface area (TPSA) is 54.4 Å². The number of hydrazone groups is 1. The van der Waals surface area contributed by atoms with Gasteiger partial charge in [0.15, 0.2) is 0 Å². The van der Waals surface area contributed by atoms with Gasteiger partial charge in [0.05, 0.1) is 18.9 Å². The Bertz CT molecular complexity index is 764. The van der Waals surface area contributed by atoms with Gasteiger partial charge in [0, 0.05) is 26.2 Å². The number of likely N-dealkylation sites (N-methyl/N-ethyl adjacent to an activating group) is 1. The van der Waals surface area contributed by atoms with Crippen molar-refractivity contribution in [2.24, 2.45) is 5.10 Å². The van der Waals surface area contributed by atoms with Gasteiger partial charge in [-0.15, -0.1) is 0 Å². The van der Waals surface area contributed by atoms with Crippen LogP contribution in [0.2, 0.25) is 0 Å². The van der Waals surface area contributed by atoms with Gasteiger partial charge in [-0.1, -0.05) is 12.1 Å². The molecular weight excluding hydrogens is 342 g/mol. The van der Waals surface area contributed by atoms with Gasteiger partial charge < -0.3 is 14.4 Å². The maximum Gasteiger partial charge on any atom is 0.337 e. The van der Waals surface area contributed by atoms with Gasteiger partial charge in [-0.3, -0.25) is 5.01 Å². The maximum absolute atomic E-state index is 11.4. The quantitative estimate of drug-likeness (QED) is 0.580. The molecule has 0 amide bonds. The Morgan fingerprint density at radius 2 is 1.70 bits per heavy atom. The lowest BCUT2D eigenvalue weighted by Gasteiger charge is -2.30. The molecule has 0 unspecified atom stereocenters. The van der Waals surface area contributed by atoms with Gasteiger partial charge in [-0.2, -0.15) is 5.10 Å². The van der Waals surface area contributed by atoms with Gasteiger partial charge in [0.25, 0.3) is 0 Å². The van der Waals surface area contributed by atoms with Crippen molar-refractivity contribution in [3.8, 4) is 5.75 Å². The third-order valence-corrected chi connectivity index (χ3v) is 4.51. The van der Waals surface area contributed by atoms with E-state index in [0.717, 1.165) is 43.1 Å². The molecule has 3 rings (SSSR count). The molecule has 0 spiro atoms. The number of carbonyl (C=O) groups is 1. The zero-order chi connectivity index (χ0) is 19.1. The predicted molar refractivity (Wildman–Crippen MR) is 105 cm³/mol. The van der Waals surface area contributed by atoms with Crippen molar-refractivity contribution in [3.63, 3.8) is 0 Å². The number of esters is 1. The van der Waals surface area contributed by atoms with Crippen LogP contribution in [0.1, 0.15) is 21.5 Å². The van der Waals surface area contributed by atoms with Crippen LogP contribution >= 0.6 is 0 Å². The lowest BCUT2D eigenvalue weighted by atomic mass is 10.1. The summed E-state index contributed by atoms with van der Waals surface area (Å²) in [7, 11) is 3.51. The van der Waals surface area contributed by atoms with E-state index in [-0.39, 0.29) is 5.97 Å². The van der Waals surface area contributed by atoms with Crippen molar-refractivity contribution in [2.75, 3.05) is 40.3 Å². The maximum atomic E-state index is 11.4. The Balaban J connectivity index is 1.49. The standard InChI is InChI=1S/C21H25N3O3/c1-23-11-13-24(14-12-23)22-15-17-5-9-20(10-6-17)27-16-18-3-7-19(8-4-18)21(25)26-2/h3-10,15H,11-14,16H2,1-2H3/b22-15+. The summed E-state index contributed by atoms with van der Waals surface area (Å²) in [4.78, 5) is 13.7. The van der Waals surface area contributed by atoms with Crippen molar-refractivity contribution < 1.29 is 14.3 Å². The number of carbonyl (C=O) groups excluding carboxylic acids is 1. The molecule has 6 nitrogen and oxygen atoms in total. The molecule has 6 heteroatoms. The molecule has 1 fully saturated rings. The number of benzene rings is 2. The van der Waals surface area contributed by atoms with Crippen LogP contribution in [0.25, 0.3) is 0 Å². The summed E-state index contributed by atoms with van der Waals surface area (Å²) in [5, 5.41) is 6.64. The zero-order valence-corrected chi connectivity index (χ0v) is 15.8. The molecule has 27 heavy (non-hydrogen) atoms. The summed E-state index contributed by atoms with van der Waals surface area (Å²) in [6, 6.07) is 15.1. The molecule has 0 saturated carbocycles. The first-order chi connectivity index (χ1) is 13.1. The first kappa shape index (κ1) is 18.9. The van der Waals surface area contributed by atoms with Gasteiger partial charge in [-0.25, -0.2) is 4.79 Å². The van der Waals surface area contributed by atoms with Crippen LogP contribution in [-0.2, 0) is 11.3 Å². The molecule has 1 heterocycles. The minimum absolute atomic E-state index is 0.337. The minimum atomic E-state index is -0.337. The highest BCUT2D eigenvalue weighted by molar-refractivity contribution is 5.89. The van der Waals surface area contributed by atoms with Crippen molar-refractivity contribution in [2.45, 2.75) is 6.61 Å². The zero-order valence-electron chi connectivity index (χ0n) is 15.8. The monoisotopic (exact) mass is 367 g/mol. The van der Waals surface area contributed by atoms with E-state index in [0.29, 0.717) is 12.2 Å². The second-order valence-electron chi connectivity index (χ2n) is 6.55. The van der Waals surface area contributed by atoms with Crippen molar-refractivity contribution in [3.05, 3.63) is 65.2 Å². The highest BCUT2D eigenvalue weighted by Gasteiger charge is 2.10. The molecule has 0 radical (unpaired) electrons. The van der Waals surface area contributed by atoms with Crippen LogP contribution in [0.4, 0.5) is 0 Å². The number of rotatable bonds is 6. The van der Waals surface area contributed by atoms with Crippen LogP contribution in [-0.4, -0.2) is 62.4 Å². The van der Waals surface area contributed by atoms with Gasteiger partial charge >= 0.3 is 5.97 Å². The highest BCUT2D eigenvalue weighted by atomic mass is 16.5. The van der Waals surface area contributed by atoms with E-state index < -0.39 is 0 Å². The number of ether oxygens (including phenoxy) is 2. The van der Waals surface area contributed by atoms with Crippen molar-refractivity contribution in [1.29, 1.82) is 0 Å². The molecule has 2 aromatic rings. The third kappa shape index (κ3) is 5.56. The smallest absolute Gasteiger partial charge is 0.337 e. The summed E-state index contributed by atoms with van der Waals surface area (Å²) in [6.07, 6.45) is 1.89. The normalized spacial score (nSPS) is 15.1. The number of hydrogen-bond donors (Lipinski definition) is 0. The molecule has 1 aliphatic rings. The third-order valence-electron chi connectivity index (χ3n) is 4.51. The summed E-state index contributed by atoms with van der Waals surface area (Å²) >= 11 is 0. The summed E-state index contributed by atoms with van der Waals surface area (Å²) in [6.45, 7) is 4.46. The average Bonchev–Trinajstić information content (AvgIpc) is 2.72. The van der Waals surface area contributed by atoms with Gasteiger partial charge in [0.1, 0.15) is 12.4 Å². The first-order valence-electron chi connectivity index (χ1n) is 9.01. The molecule has 1 saturated heterocycles. The van der Waals surface area contributed by atoms with Crippen LogP contribution in [0.3, 0.4) is 0 Å². The first-order valence-corrected chi connectivity index (χ1v) is 9.01. The molecule has 0 bridgehead atoms. The van der Waals surface area contributed by atoms with E-state index in [1.807, 2.05) is 42.6 Å². The fourth-order valence-corrected chi connectivity index (χ4v) is 2.73. The summed E-state index contributed by atoms with van der Waals surface area (Å²) < 4.78 is 10.5. The Labute approximate surface area is 160 Å². The molecule has 2 aromatic carbocycles. The average molecular weight is 367 g/mol. The number of hydrogen-bond acceptors (Lipinski definition) is 6. The fraction of sp³-hybridized carbons (Fsp3) is 0.333. The van der Waals surface area contributed by atoms with E-state index in [1.54, 1.807) is 12.1 Å². The van der Waals surface area contributed by atoms with Crippen molar-refractivity contribution in [1.82, 2.24) is 9.91 Å². The lowest BCUT2D eigenvalue weighted by molar-refractivity contribution is 0.0600. The second kappa shape index (κ2) is 9.19. The summed E-state index contributed by atoms with van der Waals surface area (Å²) in [5.41, 5.74) is 2.57. The van der Waals surface area contributed by atoms with E-state index in [9.17, 15) is 4.79 Å². The van der Waals surface area contributed by atoms with E-state index in [2.05, 4.69) is 22.1 Å². The minimum Gasteiger partial charge on any atom is -0.489 e. The second-order valence-corrected chi connectivity index (χ2v) is 6.55. The van der Waals surface area contributed by atoms with Crippen LogP contribution in [0, 0.1) is 0 Å².